The van der Waals surface area contributed by atoms with Crippen LogP contribution in [-0.2, 0) is 0 Å². The van der Waals surface area contributed by atoms with Crippen LogP contribution < -0.4 is 10.1 Å². The molecule has 0 radical (unpaired) electrons. The van der Waals surface area contributed by atoms with E-state index >= 15 is 0 Å². The first kappa shape index (κ1) is 15.8. The zero-order valence-corrected chi connectivity index (χ0v) is 12.7. The molecule has 116 valence electrons. The van der Waals surface area contributed by atoms with E-state index in [4.69, 9.17) is 4.74 Å². The molecule has 1 atom stereocenters. The molecule has 0 saturated carbocycles. The molecule has 5 heteroatoms. The maximum atomic E-state index is 14.1. The summed E-state index contributed by atoms with van der Waals surface area (Å²) < 4.78 is 19.2. The number of nitrogens with zero attached hydrogens (tertiary/aromatic N) is 1. The molecule has 0 bridgehead atoms. The van der Waals surface area contributed by atoms with E-state index in [1.165, 1.54) is 13.2 Å². The number of amides is 1. The molecule has 0 aliphatic carbocycles. The average molecular weight is 294 g/mol. The van der Waals surface area contributed by atoms with Crippen molar-refractivity contribution >= 4 is 5.91 Å². The van der Waals surface area contributed by atoms with Crippen molar-refractivity contribution in [1.82, 2.24) is 10.2 Å². The fourth-order valence-corrected chi connectivity index (χ4v) is 2.90. The molecule has 1 aliphatic heterocycles. The van der Waals surface area contributed by atoms with Gasteiger partial charge >= 0.3 is 0 Å². The Morgan fingerprint density at radius 3 is 3.00 bits per heavy atom. The Morgan fingerprint density at radius 2 is 2.29 bits per heavy atom. The number of carbonyl (C=O) groups excluding carboxylic acids is 1. The number of likely N-dealkylation sites (tertiary alicyclic amines) is 1. The molecule has 1 aliphatic rings. The van der Waals surface area contributed by atoms with E-state index in [0.29, 0.717) is 12.3 Å². The number of piperidine rings is 1. The summed E-state index contributed by atoms with van der Waals surface area (Å²) in [5, 5.41) is 3.11. The summed E-state index contributed by atoms with van der Waals surface area (Å²) in [6, 6.07) is 4.66. The van der Waals surface area contributed by atoms with Crippen LogP contribution in [0.2, 0.25) is 0 Å². The van der Waals surface area contributed by atoms with Crippen LogP contribution in [0.3, 0.4) is 0 Å². The minimum atomic E-state index is -0.516. The van der Waals surface area contributed by atoms with Crippen molar-refractivity contribution in [3.8, 4) is 5.75 Å². The third-order valence-corrected chi connectivity index (χ3v) is 4.02. The second-order valence-corrected chi connectivity index (χ2v) is 5.36. The molecule has 21 heavy (non-hydrogen) atoms. The maximum Gasteiger partial charge on any atom is 0.260 e. The number of rotatable bonds is 5. The van der Waals surface area contributed by atoms with Gasteiger partial charge in [0, 0.05) is 12.6 Å². The third-order valence-electron chi connectivity index (χ3n) is 4.02. The van der Waals surface area contributed by atoms with Crippen molar-refractivity contribution in [3.05, 3.63) is 29.6 Å². The molecule has 1 unspecified atom stereocenters. The lowest BCUT2D eigenvalue weighted by molar-refractivity contribution is 0.0594. The van der Waals surface area contributed by atoms with E-state index in [-0.39, 0.29) is 17.5 Å². The van der Waals surface area contributed by atoms with E-state index in [2.05, 4.69) is 5.32 Å². The summed E-state index contributed by atoms with van der Waals surface area (Å²) >= 11 is 0. The smallest absolute Gasteiger partial charge is 0.260 e. The van der Waals surface area contributed by atoms with Gasteiger partial charge in [0.15, 0.2) is 0 Å². The van der Waals surface area contributed by atoms with Crippen molar-refractivity contribution in [2.45, 2.75) is 31.7 Å². The molecule has 1 aromatic rings. The molecule has 1 amide bonds. The topological polar surface area (TPSA) is 41.6 Å². The lowest BCUT2D eigenvalue weighted by atomic mass is 9.98. The number of carbonyl (C=O) groups is 1. The van der Waals surface area contributed by atoms with Crippen LogP contribution in [0.1, 0.15) is 36.0 Å². The number of hydrogen-bond acceptors (Lipinski definition) is 3. The number of halogens is 1. The summed E-state index contributed by atoms with van der Waals surface area (Å²) in [6.45, 7) is 1.54. The van der Waals surface area contributed by atoms with Crippen molar-refractivity contribution in [2.24, 2.45) is 0 Å². The Balaban J connectivity index is 2.24. The molecule has 2 rings (SSSR count). The van der Waals surface area contributed by atoms with Gasteiger partial charge in [-0.25, -0.2) is 4.39 Å². The minimum absolute atomic E-state index is 0.0522. The van der Waals surface area contributed by atoms with Gasteiger partial charge in [0.25, 0.3) is 5.91 Å². The Kier molecular flexibility index (Phi) is 5.56. The van der Waals surface area contributed by atoms with E-state index in [9.17, 15) is 9.18 Å². The van der Waals surface area contributed by atoms with Crippen LogP contribution in [0.5, 0.6) is 5.75 Å². The predicted octanol–water partition coefficient (Wildman–Crippen LogP) is 2.44. The number of hydrogen-bond donors (Lipinski definition) is 1. The summed E-state index contributed by atoms with van der Waals surface area (Å²) in [5.74, 6) is -0.471. The van der Waals surface area contributed by atoms with Gasteiger partial charge in [0.1, 0.15) is 17.1 Å². The van der Waals surface area contributed by atoms with E-state index in [0.717, 1.165) is 32.2 Å². The monoisotopic (exact) mass is 294 g/mol. The quantitative estimate of drug-likeness (QED) is 0.907. The van der Waals surface area contributed by atoms with Crippen LogP contribution in [0.25, 0.3) is 0 Å². The highest BCUT2D eigenvalue weighted by molar-refractivity contribution is 5.97. The number of ether oxygens (including phenoxy) is 1. The van der Waals surface area contributed by atoms with Crippen LogP contribution >= 0.6 is 0 Å². The Hall–Kier alpha value is -1.62. The molecule has 0 aromatic heterocycles. The third kappa shape index (κ3) is 3.53. The number of benzene rings is 1. The van der Waals surface area contributed by atoms with Crippen molar-refractivity contribution in [1.29, 1.82) is 0 Å². The highest BCUT2D eigenvalue weighted by atomic mass is 19.1. The zero-order chi connectivity index (χ0) is 15.2. The standard InChI is InChI=1S/C16H23FN2O2/c1-18-10-9-12-6-3-4-11-19(12)16(20)15-13(17)7-5-8-14(15)21-2/h5,7-8,12,18H,3-4,6,9-11H2,1-2H3. The van der Waals surface area contributed by atoms with Gasteiger partial charge in [0.2, 0.25) is 0 Å². The Bertz CT molecular complexity index is 493. The van der Waals surface area contributed by atoms with Gasteiger partial charge in [-0.2, -0.15) is 0 Å². The molecular formula is C16H23FN2O2. The lowest BCUT2D eigenvalue weighted by Crippen LogP contribution is -2.45. The highest BCUT2D eigenvalue weighted by Crippen LogP contribution is 2.27. The maximum absolute atomic E-state index is 14.1. The molecule has 1 N–H and O–H groups in total. The largest absolute Gasteiger partial charge is 0.496 e. The zero-order valence-electron chi connectivity index (χ0n) is 12.7. The van der Waals surface area contributed by atoms with Gasteiger partial charge in [-0.3, -0.25) is 4.79 Å². The first-order valence-corrected chi connectivity index (χ1v) is 7.47. The first-order chi connectivity index (χ1) is 10.2. The average Bonchev–Trinajstić information content (AvgIpc) is 2.52. The second kappa shape index (κ2) is 7.41. The van der Waals surface area contributed by atoms with Gasteiger partial charge in [-0.1, -0.05) is 6.07 Å². The predicted molar refractivity (Wildman–Crippen MR) is 80.2 cm³/mol. The van der Waals surface area contributed by atoms with E-state index in [1.807, 2.05) is 11.9 Å². The van der Waals surface area contributed by atoms with Crippen LogP contribution in [0.15, 0.2) is 18.2 Å². The van der Waals surface area contributed by atoms with E-state index < -0.39 is 5.82 Å². The van der Waals surface area contributed by atoms with E-state index in [1.54, 1.807) is 12.1 Å². The molecule has 1 aromatic carbocycles. The van der Waals surface area contributed by atoms with Crippen molar-refractivity contribution < 1.29 is 13.9 Å². The molecular weight excluding hydrogens is 271 g/mol. The van der Waals surface area contributed by atoms with Crippen LogP contribution in [0, 0.1) is 5.82 Å². The van der Waals surface area contributed by atoms with Gasteiger partial charge in [0.05, 0.1) is 7.11 Å². The van der Waals surface area contributed by atoms with Gasteiger partial charge in [-0.05, 0) is 51.4 Å². The molecule has 4 nitrogen and oxygen atoms in total. The Labute approximate surface area is 125 Å². The molecule has 1 saturated heterocycles. The van der Waals surface area contributed by atoms with Crippen LogP contribution in [-0.4, -0.2) is 44.1 Å². The first-order valence-electron chi connectivity index (χ1n) is 7.47. The van der Waals surface area contributed by atoms with Gasteiger partial charge in [-0.15, -0.1) is 0 Å². The fraction of sp³-hybridized carbons (Fsp3) is 0.562. The summed E-state index contributed by atoms with van der Waals surface area (Å²) in [6.07, 6.45) is 3.95. The minimum Gasteiger partial charge on any atom is -0.496 e. The molecule has 0 spiro atoms. The molecule has 1 fully saturated rings. The van der Waals surface area contributed by atoms with Crippen LogP contribution in [0.4, 0.5) is 4.39 Å². The summed E-state index contributed by atoms with van der Waals surface area (Å²) in [4.78, 5) is 14.6. The SMILES string of the molecule is CNCCC1CCCCN1C(=O)c1c(F)cccc1OC. The normalized spacial score (nSPS) is 18.6. The summed E-state index contributed by atoms with van der Waals surface area (Å²) in [7, 11) is 3.36. The van der Waals surface area contributed by atoms with Crippen molar-refractivity contribution in [3.63, 3.8) is 0 Å². The highest BCUT2D eigenvalue weighted by Gasteiger charge is 2.30. The molecule has 1 heterocycles. The number of methoxy groups -OCH3 is 1. The van der Waals surface area contributed by atoms with Crippen molar-refractivity contribution in [2.75, 3.05) is 27.2 Å². The summed E-state index contributed by atoms with van der Waals surface area (Å²) in [5.41, 5.74) is 0.0522. The van der Waals surface area contributed by atoms with Gasteiger partial charge < -0.3 is 15.0 Å². The Morgan fingerprint density at radius 1 is 1.48 bits per heavy atom. The second-order valence-electron chi connectivity index (χ2n) is 5.36. The lowest BCUT2D eigenvalue weighted by Gasteiger charge is -2.36. The fourth-order valence-electron chi connectivity index (χ4n) is 2.90. The number of nitrogens with one attached hydrogen (secondary N) is 1.